The first-order valence-corrected chi connectivity index (χ1v) is 8.27. The summed E-state index contributed by atoms with van der Waals surface area (Å²) in [7, 11) is 4.58. The Morgan fingerprint density at radius 2 is 1.31 bits per heavy atom. The number of benzene rings is 2. The van der Waals surface area contributed by atoms with Crippen molar-refractivity contribution in [2.24, 2.45) is 0 Å². The Balaban J connectivity index is 2.12. The van der Waals surface area contributed by atoms with Gasteiger partial charge < -0.3 is 24.8 Å². The van der Waals surface area contributed by atoms with E-state index < -0.39 is 0 Å². The van der Waals surface area contributed by atoms with Crippen molar-refractivity contribution in [1.82, 2.24) is 0 Å². The predicted octanol–water partition coefficient (Wildman–Crippen LogP) is 4.65. The summed E-state index contributed by atoms with van der Waals surface area (Å²) in [5, 5.41) is 5.58. The van der Waals surface area contributed by atoms with Crippen LogP contribution in [0.4, 0.5) is 16.2 Å². The third kappa shape index (κ3) is 4.59. The van der Waals surface area contributed by atoms with Gasteiger partial charge in [0.05, 0.1) is 27.0 Å². The third-order valence-corrected chi connectivity index (χ3v) is 3.93. The molecule has 0 aliphatic carbocycles. The molecule has 0 fully saturated rings. The van der Waals surface area contributed by atoms with Gasteiger partial charge in [0.2, 0.25) is 5.75 Å². The second-order valence-electron chi connectivity index (χ2n) is 6.82. The van der Waals surface area contributed by atoms with Crippen LogP contribution in [-0.4, -0.2) is 27.4 Å². The topological polar surface area (TPSA) is 68.8 Å². The van der Waals surface area contributed by atoms with E-state index in [0.29, 0.717) is 28.6 Å². The zero-order valence-electron chi connectivity index (χ0n) is 16.1. The highest BCUT2D eigenvalue weighted by atomic mass is 16.5. The summed E-state index contributed by atoms with van der Waals surface area (Å²) in [4.78, 5) is 12.3. The monoisotopic (exact) mass is 358 g/mol. The van der Waals surface area contributed by atoms with Gasteiger partial charge in [-0.2, -0.15) is 0 Å². The number of amides is 2. The van der Waals surface area contributed by atoms with Crippen LogP contribution in [0, 0.1) is 0 Å². The highest BCUT2D eigenvalue weighted by Gasteiger charge is 2.15. The van der Waals surface area contributed by atoms with Crippen LogP contribution >= 0.6 is 0 Å². The summed E-state index contributed by atoms with van der Waals surface area (Å²) in [6.45, 7) is 6.44. The van der Waals surface area contributed by atoms with Crippen LogP contribution in [0.5, 0.6) is 17.2 Å². The molecule has 26 heavy (non-hydrogen) atoms. The molecule has 2 rings (SSSR count). The molecular weight excluding hydrogens is 332 g/mol. The Kier molecular flexibility index (Phi) is 5.97. The number of carbonyl (C=O) groups is 1. The van der Waals surface area contributed by atoms with Gasteiger partial charge >= 0.3 is 6.03 Å². The van der Waals surface area contributed by atoms with Gasteiger partial charge in [-0.15, -0.1) is 0 Å². The van der Waals surface area contributed by atoms with E-state index in [2.05, 4.69) is 31.4 Å². The van der Waals surface area contributed by atoms with Crippen molar-refractivity contribution in [3.8, 4) is 17.2 Å². The van der Waals surface area contributed by atoms with Crippen LogP contribution in [0.1, 0.15) is 26.3 Å². The molecule has 6 nitrogen and oxygen atoms in total. The van der Waals surface area contributed by atoms with Gasteiger partial charge in [-0.1, -0.05) is 32.9 Å². The van der Waals surface area contributed by atoms with E-state index in [4.69, 9.17) is 14.2 Å². The first-order valence-electron chi connectivity index (χ1n) is 8.27. The molecule has 0 spiro atoms. The van der Waals surface area contributed by atoms with Gasteiger partial charge in [0.15, 0.2) is 11.5 Å². The summed E-state index contributed by atoms with van der Waals surface area (Å²) >= 11 is 0. The first kappa shape index (κ1) is 19.4. The Morgan fingerprint density at radius 1 is 0.808 bits per heavy atom. The van der Waals surface area contributed by atoms with Gasteiger partial charge in [-0.25, -0.2) is 4.79 Å². The van der Waals surface area contributed by atoms with E-state index in [-0.39, 0.29) is 11.4 Å². The van der Waals surface area contributed by atoms with Crippen molar-refractivity contribution in [2.75, 3.05) is 32.0 Å². The number of hydrogen-bond donors (Lipinski definition) is 2. The summed E-state index contributed by atoms with van der Waals surface area (Å²) in [5.74, 6) is 1.41. The SMILES string of the molecule is COc1cc(NC(=O)Nc2ccc(C(C)(C)C)cc2)cc(OC)c1OC. The van der Waals surface area contributed by atoms with Gasteiger partial charge in [-0.05, 0) is 23.1 Å². The van der Waals surface area contributed by atoms with Crippen LogP contribution in [0.3, 0.4) is 0 Å². The van der Waals surface area contributed by atoms with Gasteiger partial charge in [0.25, 0.3) is 0 Å². The smallest absolute Gasteiger partial charge is 0.323 e. The second kappa shape index (κ2) is 7.99. The zero-order chi connectivity index (χ0) is 19.3. The van der Waals surface area contributed by atoms with Crippen LogP contribution in [0.2, 0.25) is 0 Å². The fourth-order valence-electron chi connectivity index (χ4n) is 2.50. The molecule has 0 bridgehead atoms. The highest BCUT2D eigenvalue weighted by molar-refractivity contribution is 6.00. The van der Waals surface area contributed by atoms with Gasteiger partial charge in [-0.3, -0.25) is 0 Å². The molecule has 0 saturated carbocycles. The van der Waals surface area contributed by atoms with E-state index in [1.807, 2.05) is 24.3 Å². The van der Waals surface area contributed by atoms with Gasteiger partial charge in [0, 0.05) is 17.8 Å². The average Bonchev–Trinajstić information content (AvgIpc) is 2.60. The van der Waals surface area contributed by atoms with Gasteiger partial charge in [0.1, 0.15) is 0 Å². The lowest BCUT2D eigenvalue weighted by Crippen LogP contribution is -2.19. The molecule has 0 aromatic heterocycles. The lowest BCUT2D eigenvalue weighted by atomic mass is 9.87. The Hall–Kier alpha value is -2.89. The van der Waals surface area contributed by atoms with Crippen LogP contribution in [0.25, 0.3) is 0 Å². The number of rotatable bonds is 5. The number of ether oxygens (including phenoxy) is 3. The largest absolute Gasteiger partial charge is 0.493 e. The molecule has 2 amide bonds. The molecule has 0 aliphatic heterocycles. The van der Waals surface area contributed by atoms with Crippen molar-refractivity contribution in [2.45, 2.75) is 26.2 Å². The Labute approximate surface area is 154 Å². The minimum absolute atomic E-state index is 0.0665. The zero-order valence-corrected chi connectivity index (χ0v) is 16.1. The van der Waals surface area contributed by atoms with E-state index in [9.17, 15) is 4.79 Å². The maximum Gasteiger partial charge on any atom is 0.323 e. The predicted molar refractivity (Wildman–Crippen MR) is 104 cm³/mol. The molecule has 0 unspecified atom stereocenters. The maximum atomic E-state index is 12.3. The molecule has 0 heterocycles. The summed E-state index contributed by atoms with van der Waals surface area (Å²) in [5.41, 5.74) is 2.51. The van der Waals surface area contributed by atoms with Crippen LogP contribution < -0.4 is 24.8 Å². The number of methoxy groups -OCH3 is 3. The molecule has 0 radical (unpaired) electrons. The molecule has 0 aliphatic rings. The minimum Gasteiger partial charge on any atom is -0.493 e. The van der Waals surface area contributed by atoms with Crippen molar-refractivity contribution < 1.29 is 19.0 Å². The first-order chi connectivity index (χ1) is 12.3. The van der Waals surface area contributed by atoms with Crippen molar-refractivity contribution >= 4 is 17.4 Å². The molecule has 2 N–H and O–H groups in total. The number of nitrogens with one attached hydrogen (secondary N) is 2. The molecule has 0 atom stereocenters. The average molecular weight is 358 g/mol. The molecule has 2 aromatic rings. The van der Waals surface area contributed by atoms with E-state index in [1.165, 1.54) is 26.9 Å². The molecule has 0 saturated heterocycles. The van der Waals surface area contributed by atoms with Crippen molar-refractivity contribution in [3.05, 3.63) is 42.0 Å². The van der Waals surface area contributed by atoms with Crippen molar-refractivity contribution in [3.63, 3.8) is 0 Å². The standard InChI is InChI=1S/C20H26N2O4/c1-20(2,3)13-7-9-14(10-8-13)21-19(23)22-15-11-16(24-4)18(26-6)17(12-15)25-5/h7-12H,1-6H3,(H2,21,22,23). The van der Waals surface area contributed by atoms with E-state index in [0.717, 1.165) is 0 Å². The summed E-state index contributed by atoms with van der Waals surface area (Å²) < 4.78 is 15.8. The number of hydrogen-bond acceptors (Lipinski definition) is 4. The highest BCUT2D eigenvalue weighted by Crippen LogP contribution is 2.39. The number of anilines is 2. The lowest BCUT2D eigenvalue weighted by Gasteiger charge is -2.19. The molecule has 140 valence electrons. The fraction of sp³-hybridized carbons (Fsp3) is 0.350. The minimum atomic E-state index is -0.359. The fourth-order valence-corrected chi connectivity index (χ4v) is 2.50. The Bertz CT molecular complexity index is 739. The summed E-state index contributed by atoms with van der Waals surface area (Å²) in [6.07, 6.45) is 0. The molecular formula is C20H26N2O4. The van der Waals surface area contributed by atoms with E-state index in [1.54, 1.807) is 12.1 Å². The van der Waals surface area contributed by atoms with Crippen LogP contribution in [-0.2, 0) is 5.41 Å². The number of carbonyl (C=O) groups excluding carboxylic acids is 1. The number of urea groups is 1. The van der Waals surface area contributed by atoms with E-state index >= 15 is 0 Å². The maximum absolute atomic E-state index is 12.3. The van der Waals surface area contributed by atoms with Crippen LogP contribution in [0.15, 0.2) is 36.4 Å². The quantitative estimate of drug-likeness (QED) is 0.816. The normalized spacial score (nSPS) is 10.8. The van der Waals surface area contributed by atoms with Crippen molar-refractivity contribution in [1.29, 1.82) is 0 Å². The Morgan fingerprint density at radius 3 is 1.73 bits per heavy atom. The molecule has 6 heteroatoms. The second-order valence-corrected chi connectivity index (χ2v) is 6.82. The molecule has 2 aromatic carbocycles. The third-order valence-electron chi connectivity index (χ3n) is 3.93. The summed E-state index contributed by atoms with van der Waals surface area (Å²) in [6, 6.07) is 10.8. The lowest BCUT2D eigenvalue weighted by molar-refractivity contribution is 0.262.